The topological polar surface area (TPSA) is 89.6 Å². The number of hydrogen-bond acceptors (Lipinski definition) is 6. The molecule has 24 heavy (non-hydrogen) atoms. The number of ether oxygens (including phenoxy) is 1. The van der Waals surface area contributed by atoms with E-state index in [9.17, 15) is 9.59 Å². The second kappa shape index (κ2) is 10.0. The summed E-state index contributed by atoms with van der Waals surface area (Å²) >= 11 is 1.26. The van der Waals surface area contributed by atoms with Crippen molar-refractivity contribution in [2.24, 2.45) is 0 Å². The molecular formula is C16H21N3O4S. The van der Waals surface area contributed by atoms with Crippen LogP contribution in [0, 0.1) is 12.3 Å². The van der Waals surface area contributed by atoms with E-state index in [0.29, 0.717) is 43.1 Å². The van der Waals surface area contributed by atoms with Crippen molar-refractivity contribution >= 4 is 23.2 Å². The number of amides is 2. The van der Waals surface area contributed by atoms with Gasteiger partial charge < -0.3 is 10.1 Å². The third-order valence-corrected chi connectivity index (χ3v) is 4.19. The second-order valence-electron chi connectivity index (χ2n) is 5.33. The fourth-order valence-electron chi connectivity index (χ4n) is 2.13. The summed E-state index contributed by atoms with van der Waals surface area (Å²) in [5.41, 5.74) is 2.73. The van der Waals surface area contributed by atoms with Crippen molar-refractivity contribution in [3.63, 3.8) is 0 Å². The zero-order valence-electron chi connectivity index (χ0n) is 13.4. The van der Waals surface area contributed by atoms with Gasteiger partial charge in [-0.05, 0) is 31.6 Å². The Morgan fingerprint density at radius 3 is 3.04 bits per heavy atom. The van der Waals surface area contributed by atoms with Gasteiger partial charge in [-0.15, -0.1) is 17.8 Å². The summed E-state index contributed by atoms with van der Waals surface area (Å²) in [5, 5.41) is 4.86. The predicted octanol–water partition coefficient (Wildman–Crippen LogP) is 1.60. The minimum Gasteiger partial charge on any atom is -0.351 e. The lowest BCUT2D eigenvalue weighted by atomic mass is 10.2. The molecule has 1 unspecified atom stereocenters. The van der Waals surface area contributed by atoms with Crippen LogP contribution in [0.25, 0.3) is 0 Å². The first-order valence-corrected chi connectivity index (χ1v) is 8.83. The fourth-order valence-corrected chi connectivity index (χ4v) is 2.74. The Kier molecular flexibility index (Phi) is 7.68. The summed E-state index contributed by atoms with van der Waals surface area (Å²) in [6.07, 6.45) is 9.41. The van der Waals surface area contributed by atoms with E-state index in [-0.39, 0.29) is 18.1 Å². The lowest BCUT2D eigenvalue weighted by molar-refractivity contribution is -0.200. The minimum atomic E-state index is -0.340. The number of thiazole rings is 1. The molecule has 0 radical (unpaired) electrons. The Labute approximate surface area is 145 Å². The third kappa shape index (κ3) is 6.28. The van der Waals surface area contributed by atoms with E-state index >= 15 is 0 Å². The molecule has 0 aromatic carbocycles. The summed E-state index contributed by atoms with van der Waals surface area (Å²) in [5.74, 6) is 1.95. The molecular weight excluding hydrogens is 330 g/mol. The van der Waals surface area contributed by atoms with E-state index in [1.54, 1.807) is 5.38 Å². The first kappa shape index (κ1) is 18.4. The van der Waals surface area contributed by atoms with Crippen molar-refractivity contribution in [1.82, 2.24) is 15.8 Å². The average Bonchev–Trinajstić information content (AvgIpc) is 3.09. The molecule has 0 bridgehead atoms. The van der Waals surface area contributed by atoms with Gasteiger partial charge in [0, 0.05) is 31.4 Å². The number of carbonyl (C=O) groups is 2. The Morgan fingerprint density at radius 2 is 2.33 bits per heavy atom. The lowest BCUT2D eigenvalue weighted by Crippen LogP contribution is -2.33. The van der Waals surface area contributed by atoms with Crippen molar-refractivity contribution < 1.29 is 19.2 Å². The summed E-state index contributed by atoms with van der Waals surface area (Å²) < 4.78 is 5.35. The minimum absolute atomic E-state index is 0.186. The Morgan fingerprint density at radius 1 is 1.46 bits per heavy atom. The molecule has 1 atom stereocenters. The Bertz CT molecular complexity index is 590. The van der Waals surface area contributed by atoms with Gasteiger partial charge in [-0.25, -0.2) is 15.3 Å². The van der Waals surface area contributed by atoms with Crippen LogP contribution >= 0.6 is 11.3 Å². The average molecular weight is 351 g/mol. The number of terminal acetylenes is 1. The highest BCUT2D eigenvalue weighted by Crippen LogP contribution is 2.12. The number of nitrogens with zero attached hydrogens (tertiary/aromatic N) is 1. The second-order valence-corrected chi connectivity index (χ2v) is 6.19. The third-order valence-electron chi connectivity index (χ3n) is 3.42. The maximum absolute atomic E-state index is 11.8. The van der Waals surface area contributed by atoms with Gasteiger partial charge in [-0.1, -0.05) is 0 Å². The SMILES string of the molecule is C#Cc1nc(C(=O)NCCCCC(=O)NOC2CCCCO2)cs1. The molecule has 0 saturated carbocycles. The van der Waals surface area contributed by atoms with Crippen LogP contribution in [-0.4, -0.2) is 36.2 Å². The molecule has 1 saturated heterocycles. The van der Waals surface area contributed by atoms with Crippen LogP contribution in [0.4, 0.5) is 0 Å². The normalized spacial score (nSPS) is 17.0. The zero-order chi connectivity index (χ0) is 17.2. The van der Waals surface area contributed by atoms with E-state index in [1.807, 2.05) is 0 Å². The maximum atomic E-state index is 11.8. The molecule has 7 nitrogen and oxygen atoms in total. The van der Waals surface area contributed by atoms with Crippen molar-refractivity contribution in [2.45, 2.75) is 44.8 Å². The molecule has 1 fully saturated rings. The largest absolute Gasteiger partial charge is 0.351 e. The first-order chi connectivity index (χ1) is 11.7. The molecule has 1 aliphatic heterocycles. The van der Waals surface area contributed by atoms with Crippen LogP contribution < -0.4 is 10.8 Å². The molecule has 8 heteroatoms. The molecule has 0 spiro atoms. The highest BCUT2D eigenvalue weighted by atomic mass is 32.1. The van der Waals surface area contributed by atoms with Gasteiger partial charge in [0.2, 0.25) is 5.91 Å². The van der Waals surface area contributed by atoms with Crippen LogP contribution in [0.5, 0.6) is 0 Å². The van der Waals surface area contributed by atoms with Crippen LogP contribution in [0.2, 0.25) is 0 Å². The van der Waals surface area contributed by atoms with Crippen LogP contribution in [-0.2, 0) is 14.4 Å². The molecule has 130 valence electrons. The highest BCUT2D eigenvalue weighted by Gasteiger charge is 2.15. The summed E-state index contributed by atoms with van der Waals surface area (Å²) in [6, 6.07) is 0. The van der Waals surface area contributed by atoms with E-state index in [0.717, 1.165) is 19.3 Å². The smallest absolute Gasteiger partial charge is 0.270 e. The van der Waals surface area contributed by atoms with Crippen LogP contribution in [0.3, 0.4) is 0 Å². The van der Waals surface area contributed by atoms with Crippen molar-refractivity contribution in [3.8, 4) is 12.3 Å². The molecule has 1 aromatic heterocycles. The van der Waals surface area contributed by atoms with Gasteiger partial charge >= 0.3 is 0 Å². The van der Waals surface area contributed by atoms with Crippen LogP contribution in [0.1, 0.15) is 54.0 Å². The fraction of sp³-hybridized carbons (Fsp3) is 0.562. The predicted molar refractivity (Wildman–Crippen MR) is 89.1 cm³/mol. The molecule has 0 aliphatic carbocycles. The number of rotatable bonds is 8. The highest BCUT2D eigenvalue weighted by molar-refractivity contribution is 7.10. The molecule has 2 rings (SSSR count). The van der Waals surface area contributed by atoms with Crippen molar-refractivity contribution in [2.75, 3.05) is 13.2 Å². The lowest BCUT2D eigenvalue weighted by Gasteiger charge is -2.22. The van der Waals surface area contributed by atoms with E-state index in [1.165, 1.54) is 11.3 Å². The summed E-state index contributed by atoms with van der Waals surface area (Å²) in [6.45, 7) is 1.14. The van der Waals surface area contributed by atoms with Gasteiger partial charge in [0.25, 0.3) is 5.91 Å². The maximum Gasteiger partial charge on any atom is 0.270 e. The van der Waals surface area contributed by atoms with Gasteiger partial charge in [0.15, 0.2) is 11.3 Å². The molecule has 2 amide bonds. The van der Waals surface area contributed by atoms with Gasteiger partial charge in [-0.2, -0.15) is 0 Å². The Balaban J connectivity index is 1.52. The zero-order valence-corrected chi connectivity index (χ0v) is 14.2. The number of nitrogens with one attached hydrogen (secondary N) is 2. The first-order valence-electron chi connectivity index (χ1n) is 7.95. The standard InChI is InChI=1S/C16H21N3O4S/c1-2-14-18-12(11-24-14)16(21)17-9-5-3-7-13(20)19-23-15-8-4-6-10-22-15/h1,11,15H,3-10H2,(H,17,21)(H,19,20). The number of hydrogen-bond donors (Lipinski definition) is 2. The number of hydroxylamine groups is 1. The van der Waals surface area contributed by atoms with Crippen LogP contribution in [0.15, 0.2) is 5.38 Å². The molecule has 2 N–H and O–H groups in total. The van der Waals surface area contributed by atoms with Gasteiger partial charge in [0.05, 0.1) is 0 Å². The van der Waals surface area contributed by atoms with Crippen molar-refractivity contribution in [3.05, 3.63) is 16.1 Å². The number of carbonyl (C=O) groups excluding carboxylic acids is 2. The quantitative estimate of drug-likeness (QED) is 0.422. The summed E-state index contributed by atoms with van der Waals surface area (Å²) in [7, 11) is 0. The van der Waals surface area contributed by atoms with Gasteiger partial charge in [-0.3, -0.25) is 9.59 Å². The monoisotopic (exact) mass is 351 g/mol. The Hall–Kier alpha value is -1.95. The van der Waals surface area contributed by atoms with Gasteiger partial charge in [0.1, 0.15) is 5.69 Å². The van der Waals surface area contributed by atoms with E-state index in [4.69, 9.17) is 16.0 Å². The number of aromatic nitrogens is 1. The summed E-state index contributed by atoms with van der Waals surface area (Å²) in [4.78, 5) is 32.6. The molecule has 1 aromatic rings. The van der Waals surface area contributed by atoms with Crippen molar-refractivity contribution in [1.29, 1.82) is 0 Å². The van der Waals surface area contributed by atoms with E-state index in [2.05, 4.69) is 21.7 Å². The molecule has 1 aliphatic rings. The van der Waals surface area contributed by atoms with E-state index < -0.39 is 0 Å². The molecule has 2 heterocycles. The number of unbranched alkanes of at least 4 members (excludes halogenated alkanes) is 1.